The number of ether oxygens (including phenoxy) is 3. The molecule has 0 saturated carbocycles. The number of methoxy groups -OCH3 is 2. The first-order valence-electron chi connectivity index (χ1n) is 6.40. The standard InChI is InChI=1S/C14H20BrNO3/c1-17-14(18-2)10-19-13-7-8-16(9-13)12-5-3-11(15)4-6-12/h3-6,13-14H,7-10H2,1-2H3/t13-/m0/s1. The largest absolute Gasteiger partial charge is 0.371 e. The minimum absolute atomic E-state index is 0.247. The van der Waals surface area contributed by atoms with Gasteiger partial charge >= 0.3 is 0 Å². The van der Waals surface area contributed by atoms with Gasteiger partial charge < -0.3 is 19.1 Å². The molecule has 0 aliphatic carbocycles. The van der Waals surface area contributed by atoms with Gasteiger partial charge in [0.05, 0.1) is 12.7 Å². The van der Waals surface area contributed by atoms with Crippen molar-refractivity contribution in [3.05, 3.63) is 28.7 Å². The Morgan fingerprint density at radius 2 is 1.95 bits per heavy atom. The second-order valence-electron chi connectivity index (χ2n) is 4.57. The van der Waals surface area contributed by atoms with Crippen molar-refractivity contribution in [3.8, 4) is 0 Å². The Kier molecular flexibility index (Phi) is 5.63. The van der Waals surface area contributed by atoms with Gasteiger partial charge in [-0.3, -0.25) is 0 Å². The van der Waals surface area contributed by atoms with Crippen molar-refractivity contribution in [2.75, 3.05) is 38.8 Å². The summed E-state index contributed by atoms with van der Waals surface area (Å²) in [6.45, 7) is 2.42. The number of nitrogens with zero attached hydrogens (tertiary/aromatic N) is 1. The molecule has 1 heterocycles. The highest BCUT2D eigenvalue weighted by molar-refractivity contribution is 9.10. The van der Waals surface area contributed by atoms with Crippen LogP contribution >= 0.6 is 15.9 Å². The predicted octanol–water partition coefficient (Wildman–Crippen LogP) is 2.66. The third kappa shape index (κ3) is 4.18. The van der Waals surface area contributed by atoms with Gasteiger partial charge in [-0.05, 0) is 30.7 Å². The molecule has 4 nitrogen and oxygen atoms in total. The number of anilines is 1. The maximum Gasteiger partial charge on any atom is 0.180 e. The van der Waals surface area contributed by atoms with Crippen molar-refractivity contribution in [2.45, 2.75) is 18.8 Å². The van der Waals surface area contributed by atoms with E-state index in [1.54, 1.807) is 14.2 Å². The Morgan fingerprint density at radius 1 is 1.26 bits per heavy atom. The molecule has 5 heteroatoms. The smallest absolute Gasteiger partial charge is 0.180 e. The lowest BCUT2D eigenvalue weighted by Gasteiger charge is -2.20. The number of hydrogen-bond donors (Lipinski definition) is 0. The molecule has 0 radical (unpaired) electrons. The summed E-state index contributed by atoms with van der Waals surface area (Å²) in [6, 6.07) is 8.38. The molecule has 0 bridgehead atoms. The number of halogens is 1. The van der Waals surface area contributed by atoms with Crippen molar-refractivity contribution in [2.24, 2.45) is 0 Å². The summed E-state index contributed by atoms with van der Waals surface area (Å²) in [5.41, 5.74) is 1.24. The van der Waals surface area contributed by atoms with Crippen LogP contribution in [0.5, 0.6) is 0 Å². The second kappa shape index (κ2) is 7.24. The van der Waals surface area contributed by atoms with E-state index in [4.69, 9.17) is 14.2 Å². The van der Waals surface area contributed by atoms with Gasteiger partial charge in [0, 0.05) is 37.5 Å². The highest BCUT2D eigenvalue weighted by atomic mass is 79.9. The quantitative estimate of drug-likeness (QED) is 0.751. The van der Waals surface area contributed by atoms with Crippen LogP contribution in [-0.2, 0) is 14.2 Å². The van der Waals surface area contributed by atoms with E-state index in [-0.39, 0.29) is 12.4 Å². The third-order valence-electron chi connectivity index (χ3n) is 3.33. The molecule has 1 aromatic carbocycles. The minimum Gasteiger partial charge on any atom is -0.371 e. The lowest BCUT2D eigenvalue weighted by Crippen LogP contribution is -2.27. The van der Waals surface area contributed by atoms with E-state index in [2.05, 4.69) is 45.1 Å². The zero-order chi connectivity index (χ0) is 13.7. The Hall–Kier alpha value is -0.620. The first-order chi connectivity index (χ1) is 9.22. The van der Waals surface area contributed by atoms with Gasteiger partial charge in [-0.1, -0.05) is 15.9 Å². The first-order valence-corrected chi connectivity index (χ1v) is 7.20. The molecule has 0 N–H and O–H groups in total. The average Bonchev–Trinajstić information content (AvgIpc) is 2.89. The van der Waals surface area contributed by atoms with Gasteiger partial charge in [0.2, 0.25) is 0 Å². The van der Waals surface area contributed by atoms with E-state index in [9.17, 15) is 0 Å². The summed E-state index contributed by atoms with van der Waals surface area (Å²) in [5, 5.41) is 0. The van der Waals surface area contributed by atoms with Gasteiger partial charge in [0.25, 0.3) is 0 Å². The number of hydrogen-bond acceptors (Lipinski definition) is 4. The monoisotopic (exact) mass is 329 g/mol. The first kappa shape index (κ1) is 14.8. The van der Waals surface area contributed by atoms with Crippen LogP contribution in [0.1, 0.15) is 6.42 Å². The normalized spacial score (nSPS) is 19.4. The predicted molar refractivity (Wildman–Crippen MR) is 78.5 cm³/mol. The van der Waals surface area contributed by atoms with Gasteiger partial charge in [-0.15, -0.1) is 0 Å². The summed E-state index contributed by atoms with van der Waals surface area (Å²) < 4.78 is 17.2. The van der Waals surface area contributed by atoms with Crippen molar-refractivity contribution in [1.82, 2.24) is 0 Å². The summed E-state index contributed by atoms with van der Waals surface area (Å²) >= 11 is 3.45. The zero-order valence-electron chi connectivity index (χ0n) is 11.3. The van der Waals surface area contributed by atoms with E-state index < -0.39 is 0 Å². The van der Waals surface area contributed by atoms with E-state index in [0.717, 1.165) is 24.0 Å². The number of benzene rings is 1. The van der Waals surface area contributed by atoms with Gasteiger partial charge in [-0.2, -0.15) is 0 Å². The molecule has 0 aromatic heterocycles. The summed E-state index contributed by atoms with van der Waals surface area (Å²) in [5.74, 6) is 0. The van der Waals surface area contributed by atoms with Crippen molar-refractivity contribution in [3.63, 3.8) is 0 Å². The molecule has 1 saturated heterocycles. The van der Waals surface area contributed by atoms with E-state index in [1.807, 2.05) is 0 Å². The lowest BCUT2D eigenvalue weighted by molar-refractivity contribution is -0.149. The van der Waals surface area contributed by atoms with Gasteiger partial charge in [0.15, 0.2) is 6.29 Å². The topological polar surface area (TPSA) is 30.9 Å². The SMILES string of the molecule is COC(CO[C@H]1CCN(c2ccc(Br)cc2)C1)OC. The van der Waals surface area contributed by atoms with Crippen LogP contribution in [-0.4, -0.2) is 46.3 Å². The van der Waals surface area contributed by atoms with Crippen molar-refractivity contribution < 1.29 is 14.2 Å². The fourth-order valence-corrected chi connectivity index (χ4v) is 2.46. The van der Waals surface area contributed by atoms with Crippen LogP contribution in [0.4, 0.5) is 5.69 Å². The van der Waals surface area contributed by atoms with Crippen LogP contribution in [0.2, 0.25) is 0 Å². The Morgan fingerprint density at radius 3 is 2.58 bits per heavy atom. The maximum absolute atomic E-state index is 5.82. The molecular weight excluding hydrogens is 310 g/mol. The van der Waals surface area contributed by atoms with Gasteiger partial charge in [-0.25, -0.2) is 0 Å². The minimum atomic E-state index is -0.276. The molecule has 0 unspecified atom stereocenters. The molecule has 0 spiro atoms. The Balaban J connectivity index is 1.81. The number of rotatable bonds is 6. The highest BCUT2D eigenvalue weighted by Crippen LogP contribution is 2.23. The van der Waals surface area contributed by atoms with E-state index in [0.29, 0.717) is 6.61 Å². The molecule has 1 fully saturated rings. The summed E-state index contributed by atoms with van der Waals surface area (Å²) in [6.07, 6.45) is 1.01. The lowest BCUT2D eigenvalue weighted by atomic mass is 10.3. The summed E-state index contributed by atoms with van der Waals surface area (Å²) in [4.78, 5) is 2.34. The molecule has 0 amide bonds. The zero-order valence-corrected chi connectivity index (χ0v) is 12.9. The molecule has 1 aromatic rings. The fraction of sp³-hybridized carbons (Fsp3) is 0.571. The molecule has 1 aliphatic rings. The van der Waals surface area contributed by atoms with E-state index in [1.165, 1.54) is 5.69 Å². The van der Waals surface area contributed by atoms with Crippen LogP contribution in [0.15, 0.2) is 28.7 Å². The van der Waals surface area contributed by atoms with E-state index >= 15 is 0 Å². The summed E-state index contributed by atoms with van der Waals surface area (Å²) in [7, 11) is 3.25. The van der Waals surface area contributed by atoms with Gasteiger partial charge in [0.1, 0.15) is 0 Å². The maximum atomic E-state index is 5.82. The average molecular weight is 330 g/mol. The van der Waals surface area contributed by atoms with Crippen molar-refractivity contribution >= 4 is 21.6 Å². The second-order valence-corrected chi connectivity index (χ2v) is 5.48. The fourth-order valence-electron chi connectivity index (χ4n) is 2.20. The molecule has 1 aliphatic heterocycles. The van der Waals surface area contributed by atoms with Crippen molar-refractivity contribution in [1.29, 1.82) is 0 Å². The Labute approximate surface area is 122 Å². The Bertz CT molecular complexity index is 381. The molecule has 1 atom stereocenters. The molecule has 19 heavy (non-hydrogen) atoms. The highest BCUT2D eigenvalue weighted by Gasteiger charge is 2.24. The van der Waals surface area contributed by atoms with Crippen LogP contribution < -0.4 is 4.90 Å². The molecule has 106 valence electrons. The van der Waals surface area contributed by atoms with Crippen LogP contribution in [0, 0.1) is 0 Å². The molecular formula is C14H20BrNO3. The van der Waals surface area contributed by atoms with Crippen LogP contribution in [0.3, 0.4) is 0 Å². The molecule has 2 rings (SSSR count). The third-order valence-corrected chi connectivity index (χ3v) is 3.86. The van der Waals surface area contributed by atoms with Crippen LogP contribution in [0.25, 0.3) is 0 Å².